The third-order valence-electron chi connectivity index (χ3n) is 3.94. The normalized spacial score (nSPS) is 16.0. The van der Waals surface area contributed by atoms with Gasteiger partial charge in [-0.1, -0.05) is 6.92 Å². The molecule has 0 spiro atoms. The Kier molecular flexibility index (Phi) is 3.90. The molecule has 0 atom stereocenters. The van der Waals surface area contributed by atoms with Gasteiger partial charge in [0, 0.05) is 24.5 Å². The second-order valence-electron chi connectivity index (χ2n) is 5.54. The molecule has 1 saturated heterocycles. The van der Waals surface area contributed by atoms with E-state index in [4.69, 9.17) is 4.42 Å². The SMILES string of the molecule is CC1CCN(c2ccc(NC(=O)c3cocn3)cc2)CC1. The fourth-order valence-corrected chi connectivity index (χ4v) is 2.54. The number of benzene rings is 1. The Balaban J connectivity index is 1.63. The van der Waals surface area contributed by atoms with Gasteiger partial charge in [0.15, 0.2) is 12.1 Å². The van der Waals surface area contributed by atoms with Gasteiger partial charge in [0.2, 0.25) is 0 Å². The average molecular weight is 285 g/mol. The first-order valence-corrected chi connectivity index (χ1v) is 7.27. The molecule has 0 radical (unpaired) electrons. The van der Waals surface area contributed by atoms with E-state index in [2.05, 4.69) is 22.1 Å². The number of aromatic nitrogens is 1. The van der Waals surface area contributed by atoms with Crippen molar-refractivity contribution in [3.05, 3.63) is 42.6 Å². The molecule has 5 nitrogen and oxygen atoms in total. The van der Waals surface area contributed by atoms with Crippen molar-refractivity contribution in [2.75, 3.05) is 23.3 Å². The van der Waals surface area contributed by atoms with Crippen molar-refractivity contribution in [2.45, 2.75) is 19.8 Å². The highest BCUT2D eigenvalue weighted by molar-refractivity contribution is 6.02. The number of nitrogens with one attached hydrogen (secondary N) is 1. The minimum atomic E-state index is -0.261. The highest BCUT2D eigenvalue weighted by Gasteiger charge is 2.16. The topological polar surface area (TPSA) is 58.4 Å². The maximum absolute atomic E-state index is 11.9. The van der Waals surface area contributed by atoms with Gasteiger partial charge in [-0.3, -0.25) is 4.79 Å². The third kappa shape index (κ3) is 3.24. The van der Waals surface area contributed by atoms with Gasteiger partial charge in [0.25, 0.3) is 5.91 Å². The molecule has 0 saturated carbocycles. The van der Waals surface area contributed by atoms with Gasteiger partial charge >= 0.3 is 0 Å². The lowest BCUT2D eigenvalue weighted by molar-refractivity contribution is 0.102. The van der Waals surface area contributed by atoms with Gasteiger partial charge in [0.1, 0.15) is 6.26 Å². The molecular formula is C16H19N3O2. The van der Waals surface area contributed by atoms with Crippen molar-refractivity contribution >= 4 is 17.3 Å². The number of hydrogen-bond donors (Lipinski definition) is 1. The Labute approximate surface area is 124 Å². The maximum atomic E-state index is 11.9. The molecule has 5 heteroatoms. The summed E-state index contributed by atoms with van der Waals surface area (Å²) in [5.41, 5.74) is 2.25. The zero-order valence-electron chi connectivity index (χ0n) is 12.1. The fourth-order valence-electron chi connectivity index (χ4n) is 2.54. The Bertz CT molecular complexity index is 584. The van der Waals surface area contributed by atoms with Crippen molar-refractivity contribution in [3.63, 3.8) is 0 Å². The molecule has 2 aromatic rings. The molecule has 21 heavy (non-hydrogen) atoms. The first-order chi connectivity index (χ1) is 10.2. The van der Waals surface area contributed by atoms with Gasteiger partial charge in [-0.25, -0.2) is 4.98 Å². The van der Waals surface area contributed by atoms with Crippen LogP contribution in [0.3, 0.4) is 0 Å². The van der Waals surface area contributed by atoms with Crippen molar-refractivity contribution in [2.24, 2.45) is 5.92 Å². The Hall–Kier alpha value is -2.30. The van der Waals surface area contributed by atoms with Crippen LogP contribution in [0.1, 0.15) is 30.3 Å². The Morgan fingerprint density at radius 2 is 2.00 bits per heavy atom. The number of rotatable bonds is 3. The third-order valence-corrected chi connectivity index (χ3v) is 3.94. The molecule has 0 bridgehead atoms. The van der Waals surface area contributed by atoms with Crippen LogP contribution in [-0.4, -0.2) is 24.0 Å². The monoisotopic (exact) mass is 285 g/mol. The molecule has 0 aliphatic carbocycles. The second kappa shape index (κ2) is 5.99. The molecule has 1 aliphatic heterocycles. The van der Waals surface area contributed by atoms with Gasteiger partial charge in [-0.05, 0) is 43.0 Å². The first kappa shape index (κ1) is 13.7. The summed E-state index contributed by atoms with van der Waals surface area (Å²) in [6, 6.07) is 7.94. The van der Waals surface area contributed by atoms with Gasteiger partial charge in [0.05, 0.1) is 0 Å². The van der Waals surface area contributed by atoms with Crippen LogP contribution in [0.2, 0.25) is 0 Å². The first-order valence-electron chi connectivity index (χ1n) is 7.27. The largest absolute Gasteiger partial charge is 0.451 e. The summed E-state index contributed by atoms with van der Waals surface area (Å²) in [5, 5.41) is 2.80. The molecule has 2 heterocycles. The number of anilines is 2. The van der Waals surface area contributed by atoms with Crippen molar-refractivity contribution in [3.8, 4) is 0 Å². The molecule has 1 aliphatic rings. The zero-order chi connectivity index (χ0) is 14.7. The fraction of sp³-hybridized carbons (Fsp3) is 0.375. The van der Waals surface area contributed by atoms with E-state index in [-0.39, 0.29) is 11.6 Å². The second-order valence-corrected chi connectivity index (χ2v) is 5.54. The van der Waals surface area contributed by atoms with Crippen molar-refractivity contribution in [1.82, 2.24) is 4.98 Å². The standard InChI is InChI=1S/C16H19N3O2/c1-12-6-8-19(9-7-12)14-4-2-13(3-5-14)18-16(20)15-10-21-11-17-15/h2-5,10-12H,6-9H2,1H3,(H,18,20). The number of hydrogen-bond acceptors (Lipinski definition) is 4. The molecule has 110 valence electrons. The van der Waals surface area contributed by atoms with Crippen LogP contribution in [0.15, 0.2) is 41.3 Å². The van der Waals surface area contributed by atoms with E-state index in [0.717, 1.165) is 24.7 Å². The van der Waals surface area contributed by atoms with E-state index in [1.165, 1.54) is 31.2 Å². The summed E-state index contributed by atoms with van der Waals surface area (Å²) in [6.07, 6.45) is 5.06. The van der Waals surface area contributed by atoms with E-state index < -0.39 is 0 Å². The summed E-state index contributed by atoms with van der Waals surface area (Å²) in [6.45, 7) is 4.51. The van der Waals surface area contributed by atoms with Crippen LogP contribution >= 0.6 is 0 Å². The molecule has 1 N–H and O–H groups in total. The van der Waals surface area contributed by atoms with Crippen LogP contribution < -0.4 is 10.2 Å². The summed E-state index contributed by atoms with van der Waals surface area (Å²) in [5.74, 6) is 0.561. The minimum absolute atomic E-state index is 0.261. The van der Waals surface area contributed by atoms with E-state index in [1.807, 2.05) is 24.3 Å². The average Bonchev–Trinajstić information content (AvgIpc) is 3.03. The predicted octanol–water partition coefficient (Wildman–Crippen LogP) is 3.16. The highest BCUT2D eigenvalue weighted by atomic mass is 16.3. The van der Waals surface area contributed by atoms with E-state index in [1.54, 1.807) is 0 Å². The zero-order valence-corrected chi connectivity index (χ0v) is 12.1. The van der Waals surface area contributed by atoms with Crippen LogP contribution in [0.5, 0.6) is 0 Å². The lowest BCUT2D eigenvalue weighted by Crippen LogP contribution is -2.32. The molecular weight excluding hydrogens is 266 g/mol. The van der Waals surface area contributed by atoms with Gasteiger partial charge in [-0.2, -0.15) is 0 Å². The summed E-state index contributed by atoms with van der Waals surface area (Å²) in [7, 11) is 0. The molecule has 1 aromatic carbocycles. The smallest absolute Gasteiger partial charge is 0.277 e. The lowest BCUT2D eigenvalue weighted by Gasteiger charge is -2.32. The summed E-state index contributed by atoms with van der Waals surface area (Å²) in [4.78, 5) is 18.1. The quantitative estimate of drug-likeness (QED) is 0.941. The predicted molar refractivity (Wildman–Crippen MR) is 81.5 cm³/mol. The summed E-state index contributed by atoms with van der Waals surface area (Å²) < 4.78 is 4.80. The number of nitrogens with zero attached hydrogens (tertiary/aromatic N) is 2. The molecule has 1 amide bonds. The Morgan fingerprint density at radius 1 is 1.29 bits per heavy atom. The number of carbonyl (C=O) groups excluding carboxylic acids is 1. The Morgan fingerprint density at radius 3 is 2.62 bits per heavy atom. The maximum Gasteiger partial charge on any atom is 0.277 e. The van der Waals surface area contributed by atoms with Gasteiger partial charge in [-0.15, -0.1) is 0 Å². The molecule has 0 unspecified atom stereocenters. The number of piperidine rings is 1. The van der Waals surface area contributed by atoms with Crippen LogP contribution in [0, 0.1) is 5.92 Å². The van der Waals surface area contributed by atoms with E-state index >= 15 is 0 Å². The number of carbonyl (C=O) groups is 1. The highest BCUT2D eigenvalue weighted by Crippen LogP contribution is 2.24. The van der Waals surface area contributed by atoms with Gasteiger partial charge < -0.3 is 14.6 Å². The van der Waals surface area contributed by atoms with E-state index in [0.29, 0.717) is 0 Å². The van der Waals surface area contributed by atoms with Crippen molar-refractivity contribution < 1.29 is 9.21 Å². The number of oxazole rings is 1. The molecule has 1 fully saturated rings. The lowest BCUT2D eigenvalue weighted by atomic mass is 9.99. The van der Waals surface area contributed by atoms with Crippen LogP contribution in [0.25, 0.3) is 0 Å². The number of amides is 1. The molecule has 1 aromatic heterocycles. The van der Waals surface area contributed by atoms with E-state index in [9.17, 15) is 4.79 Å². The molecule has 3 rings (SSSR count). The minimum Gasteiger partial charge on any atom is -0.451 e. The summed E-state index contributed by atoms with van der Waals surface area (Å²) >= 11 is 0. The van der Waals surface area contributed by atoms with Crippen LogP contribution in [0.4, 0.5) is 11.4 Å². The van der Waals surface area contributed by atoms with Crippen LogP contribution in [-0.2, 0) is 0 Å². The van der Waals surface area contributed by atoms with Crippen molar-refractivity contribution in [1.29, 1.82) is 0 Å².